The molecule has 1 aliphatic rings. The predicted octanol–water partition coefficient (Wildman–Crippen LogP) is 4.81. The van der Waals surface area contributed by atoms with Gasteiger partial charge in [0.05, 0.1) is 24.0 Å². The van der Waals surface area contributed by atoms with Crippen LogP contribution in [0.5, 0.6) is 5.75 Å². The van der Waals surface area contributed by atoms with E-state index in [1.807, 2.05) is 18.2 Å². The number of likely N-dealkylation sites (N-methyl/N-ethyl adjacent to an activating group) is 1. The summed E-state index contributed by atoms with van der Waals surface area (Å²) in [6.07, 6.45) is 1.72. The van der Waals surface area contributed by atoms with Crippen LogP contribution in [0.25, 0.3) is 0 Å². The molecule has 170 valence electrons. The summed E-state index contributed by atoms with van der Waals surface area (Å²) < 4.78 is 0. The molecule has 0 saturated carbocycles. The number of anilines is 1. The number of carbonyl (C=O) groups excluding carboxylic acids is 1. The number of nitrogens with zero attached hydrogens (tertiary/aromatic N) is 3. The van der Waals surface area contributed by atoms with Crippen LogP contribution in [-0.4, -0.2) is 52.0 Å². The number of allylic oxidation sites excluding steroid dienone is 1. The number of carbonyl (C=O) groups is 1. The van der Waals surface area contributed by atoms with Crippen LogP contribution in [0.3, 0.4) is 0 Å². The molecule has 1 aliphatic heterocycles. The summed E-state index contributed by atoms with van der Waals surface area (Å²) in [5.41, 5.74) is 3.31. The molecule has 0 spiro atoms. The standard InChI is InChI=1S/C25H31ClN4O2/c1-7-16(2)30-14-18(15-30)29(6)24(32)21-10-8-9-17(28-21)13-27-22-11-19(25(3,4)5)20(26)12-23(22)31/h7-12,18,27,31H,1-2,13-15H2,3-6H3. The fourth-order valence-corrected chi connectivity index (χ4v) is 4.01. The van der Waals surface area contributed by atoms with E-state index in [1.165, 1.54) is 0 Å². The number of halogens is 1. The van der Waals surface area contributed by atoms with E-state index in [4.69, 9.17) is 11.6 Å². The largest absolute Gasteiger partial charge is 0.506 e. The average molecular weight is 455 g/mol. The highest BCUT2D eigenvalue weighted by Crippen LogP contribution is 2.37. The Kier molecular flexibility index (Phi) is 6.84. The maximum Gasteiger partial charge on any atom is 0.272 e. The summed E-state index contributed by atoms with van der Waals surface area (Å²) in [5, 5.41) is 14.0. The SMILES string of the molecule is C=CC(=C)N1CC(N(C)C(=O)c2cccc(CNc3cc(C(C)(C)C)c(Cl)cc3O)n2)C1. The first-order chi connectivity index (χ1) is 15.0. The quantitative estimate of drug-likeness (QED) is 0.464. The van der Waals surface area contributed by atoms with Gasteiger partial charge < -0.3 is 20.2 Å². The zero-order chi connectivity index (χ0) is 23.6. The van der Waals surface area contributed by atoms with Crippen molar-refractivity contribution in [3.8, 4) is 5.75 Å². The number of phenols is 1. The van der Waals surface area contributed by atoms with Gasteiger partial charge in [0.1, 0.15) is 11.4 Å². The second kappa shape index (κ2) is 9.25. The van der Waals surface area contributed by atoms with Gasteiger partial charge in [0.25, 0.3) is 5.91 Å². The van der Waals surface area contributed by atoms with Crippen molar-refractivity contribution in [3.05, 3.63) is 77.2 Å². The Bertz CT molecular complexity index is 1040. The Morgan fingerprint density at radius 3 is 2.69 bits per heavy atom. The monoisotopic (exact) mass is 454 g/mol. The van der Waals surface area contributed by atoms with E-state index in [1.54, 1.807) is 30.2 Å². The Hall–Kier alpha value is -2.99. The molecule has 0 atom stereocenters. The van der Waals surface area contributed by atoms with E-state index in [0.717, 1.165) is 24.4 Å². The van der Waals surface area contributed by atoms with E-state index >= 15 is 0 Å². The van der Waals surface area contributed by atoms with Crippen molar-refractivity contribution in [2.75, 3.05) is 25.5 Å². The van der Waals surface area contributed by atoms with Gasteiger partial charge in [-0.05, 0) is 35.3 Å². The zero-order valence-corrected chi connectivity index (χ0v) is 19.9. The van der Waals surface area contributed by atoms with Crippen molar-refractivity contribution < 1.29 is 9.90 Å². The number of aromatic hydroxyl groups is 1. The first kappa shape index (κ1) is 23.7. The van der Waals surface area contributed by atoms with Crippen LogP contribution in [0.4, 0.5) is 5.69 Å². The highest BCUT2D eigenvalue weighted by molar-refractivity contribution is 6.31. The van der Waals surface area contributed by atoms with Crippen LogP contribution in [0.15, 0.2) is 55.3 Å². The molecule has 1 saturated heterocycles. The first-order valence-electron chi connectivity index (χ1n) is 10.6. The van der Waals surface area contributed by atoms with E-state index in [2.05, 4.69) is 49.1 Å². The van der Waals surface area contributed by atoms with Crippen LogP contribution >= 0.6 is 11.6 Å². The third-order valence-electron chi connectivity index (χ3n) is 5.75. The van der Waals surface area contributed by atoms with Crippen LogP contribution in [0.2, 0.25) is 5.02 Å². The van der Waals surface area contributed by atoms with Crippen molar-refractivity contribution in [1.82, 2.24) is 14.8 Å². The summed E-state index contributed by atoms with van der Waals surface area (Å²) in [6, 6.07) is 8.92. The van der Waals surface area contributed by atoms with Gasteiger partial charge in [-0.15, -0.1) is 0 Å². The predicted molar refractivity (Wildman–Crippen MR) is 130 cm³/mol. The number of benzene rings is 1. The second-order valence-corrected chi connectivity index (χ2v) is 9.54. The third-order valence-corrected chi connectivity index (χ3v) is 6.06. The summed E-state index contributed by atoms with van der Waals surface area (Å²) in [4.78, 5) is 21.3. The Balaban J connectivity index is 1.68. The van der Waals surface area contributed by atoms with Gasteiger partial charge in [0.2, 0.25) is 0 Å². The molecule has 7 heteroatoms. The van der Waals surface area contributed by atoms with Crippen molar-refractivity contribution in [2.45, 2.75) is 38.8 Å². The lowest BCUT2D eigenvalue weighted by Gasteiger charge is -2.45. The fraction of sp³-hybridized carbons (Fsp3) is 0.360. The molecule has 2 N–H and O–H groups in total. The third kappa shape index (κ3) is 5.07. The maximum atomic E-state index is 12.9. The van der Waals surface area contributed by atoms with Gasteiger partial charge in [-0.25, -0.2) is 4.98 Å². The number of phenolic OH excluding ortho intramolecular Hbond substituents is 1. The topological polar surface area (TPSA) is 68.7 Å². The second-order valence-electron chi connectivity index (χ2n) is 9.14. The average Bonchev–Trinajstić information content (AvgIpc) is 2.70. The van der Waals surface area contributed by atoms with Gasteiger partial charge in [-0.2, -0.15) is 0 Å². The van der Waals surface area contributed by atoms with Crippen molar-refractivity contribution in [2.24, 2.45) is 0 Å². The van der Waals surface area contributed by atoms with Crippen LogP contribution in [0, 0.1) is 0 Å². The molecule has 2 aromatic rings. The molecule has 0 aliphatic carbocycles. The summed E-state index contributed by atoms with van der Waals surface area (Å²) >= 11 is 6.31. The highest BCUT2D eigenvalue weighted by Gasteiger charge is 2.33. The number of rotatable bonds is 7. The first-order valence-corrected chi connectivity index (χ1v) is 10.9. The van der Waals surface area contributed by atoms with Crippen molar-refractivity contribution in [1.29, 1.82) is 0 Å². The number of nitrogens with one attached hydrogen (secondary N) is 1. The number of hydrogen-bond acceptors (Lipinski definition) is 5. The van der Waals surface area contributed by atoms with Gasteiger partial charge in [0, 0.05) is 36.9 Å². The molecule has 1 aromatic heterocycles. The number of likely N-dealkylation sites (tertiary alicyclic amines) is 1. The smallest absolute Gasteiger partial charge is 0.272 e. The van der Waals surface area contributed by atoms with Gasteiger partial charge in [0.15, 0.2) is 0 Å². The van der Waals surface area contributed by atoms with E-state index < -0.39 is 0 Å². The lowest BCUT2D eigenvalue weighted by molar-refractivity contribution is 0.0487. The molecule has 1 fully saturated rings. The molecular formula is C25H31ClN4O2. The molecule has 6 nitrogen and oxygen atoms in total. The summed E-state index contributed by atoms with van der Waals surface area (Å²) in [5.74, 6) is -0.0457. The lowest BCUT2D eigenvalue weighted by Crippen LogP contribution is -2.58. The molecular weight excluding hydrogens is 424 g/mol. The maximum absolute atomic E-state index is 12.9. The number of aromatic nitrogens is 1. The van der Waals surface area contributed by atoms with Gasteiger partial charge in [-0.1, -0.05) is 51.6 Å². The molecule has 1 aromatic carbocycles. The molecule has 0 unspecified atom stereocenters. The molecule has 0 radical (unpaired) electrons. The lowest BCUT2D eigenvalue weighted by atomic mass is 9.86. The molecule has 2 heterocycles. The molecule has 1 amide bonds. The van der Waals surface area contributed by atoms with Crippen molar-refractivity contribution >= 4 is 23.2 Å². The summed E-state index contributed by atoms with van der Waals surface area (Å²) in [7, 11) is 1.80. The minimum absolute atomic E-state index is 0.0746. The molecule has 3 rings (SSSR count). The van der Waals surface area contributed by atoms with E-state index in [-0.39, 0.29) is 23.1 Å². The minimum Gasteiger partial charge on any atom is -0.506 e. The fourth-order valence-electron chi connectivity index (χ4n) is 3.57. The number of amides is 1. The van der Waals surface area contributed by atoms with E-state index in [9.17, 15) is 9.90 Å². The summed E-state index contributed by atoms with van der Waals surface area (Å²) in [6.45, 7) is 15.7. The number of pyridine rings is 1. The Labute approximate surface area is 195 Å². The Morgan fingerprint density at radius 2 is 2.06 bits per heavy atom. The van der Waals surface area contributed by atoms with Crippen LogP contribution in [-0.2, 0) is 12.0 Å². The Morgan fingerprint density at radius 1 is 1.38 bits per heavy atom. The van der Waals surface area contributed by atoms with Gasteiger partial charge in [-0.3, -0.25) is 4.79 Å². The van der Waals surface area contributed by atoms with Gasteiger partial charge >= 0.3 is 0 Å². The van der Waals surface area contributed by atoms with Crippen molar-refractivity contribution in [3.63, 3.8) is 0 Å². The van der Waals surface area contributed by atoms with E-state index in [0.29, 0.717) is 28.6 Å². The normalized spacial score (nSPS) is 14.0. The number of hydrogen-bond donors (Lipinski definition) is 2. The highest BCUT2D eigenvalue weighted by atomic mass is 35.5. The zero-order valence-electron chi connectivity index (χ0n) is 19.2. The van der Waals surface area contributed by atoms with Crippen LogP contribution in [0.1, 0.15) is 42.5 Å². The molecule has 32 heavy (non-hydrogen) atoms. The minimum atomic E-state index is -0.161. The molecule has 0 bridgehead atoms. The van der Waals surface area contributed by atoms with Crippen LogP contribution < -0.4 is 5.32 Å².